The molecular formula is C7H11N2Rb. The summed E-state index contributed by atoms with van der Waals surface area (Å²) < 4.78 is 0. The third-order valence-electron chi connectivity index (χ3n) is 1.37. The Kier molecular flexibility index (Phi) is 5.29. The van der Waals surface area contributed by atoms with Gasteiger partial charge in [-0.25, -0.2) is 0 Å². The molecule has 0 aliphatic heterocycles. The van der Waals surface area contributed by atoms with Crippen LogP contribution in [0.5, 0.6) is 0 Å². The molecule has 0 saturated heterocycles. The fourth-order valence-electron chi connectivity index (χ4n) is 0.893. The zero-order chi connectivity index (χ0) is 6.85. The van der Waals surface area contributed by atoms with E-state index < -0.39 is 0 Å². The van der Waals surface area contributed by atoms with Gasteiger partial charge in [0.15, 0.2) is 0 Å². The largest absolute Gasteiger partial charge is 1.00 e. The molecule has 2 nitrogen and oxygen atoms in total. The van der Waals surface area contributed by atoms with Gasteiger partial charge in [0.25, 0.3) is 0 Å². The molecule has 10 heavy (non-hydrogen) atoms. The molecule has 0 fully saturated rings. The molecule has 0 saturated carbocycles. The number of aromatic nitrogens is 2. The standard InChI is InChI=1S/C7H11N2.Rb/c1-5(2)7-6(3)4-8-9-7;/h4-5H,1-3H3;/q-1;+1. The van der Waals surface area contributed by atoms with Crippen molar-refractivity contribution in [1.82, 2.24) is 10.2 Å². The van der Waals surface area contributed by atoms with Crippen LogP contribution in [0.2, 0.25) is 0 Å². The van der Waals surface area contributed by atoms with Gasteiger partial charge in [0.2, 0.25) is 0 Å². The number of rotatable bonds is 1. The zero-order valence-electron chi connectivity index (χ0n) is 7.05. The van der Waals surface area contributed by atoms with E-state index in [1.807, 2.05) is 6.92 Å². The molecule has 0 aliphatic rings. The van der Waals surface area contributed by atoms with Crippen LogP contribution in [-0.2, 0) is 0 Å². The van der Waals surface area contributed by atoms with Crippen LogP contribution in [-0.4, -0.2) is 5.10 Å². The van der Waals surface area contributed by atoms with E-state index in [0.717, 1.165) is 5.69 Å². The molecule has 3 heteroatoms. The first-order valence-electron chi connectivity index (χ1n) is 3.16. The van der Waals surface area contributed by atoms with E-state index >= 15 is 0 Å². The Bertz CT molecular complexity index is 193. The summed E-state index contributed by atoms with van der Waals surface area (Å²) in [6.45, 7) is 6.28. The molecule has 0 atom stereocenters. The fraction of sp³-hybridized carbons (Fsp3) is 0.571. The van der Waals surface area contributed by atoms with E-state index in [1.54, 1.807) is 6.20 Å². The molecule has 0 bridgehead atoms. The van der Waals surface area contributed by atoms with Crippen LogP contribution < -0.4 is 63.3 Å². The molecule has 0 N–H and O–H groups in total. The van der Waals surface area contributed by atoms with Gasteiger partial charge in [-0.15, -0.1) is 0 Å². The van der Waals surface area contributed by atoms with Crippen molar-refractivity contribution in [1.29, 1.82) is 0 Å². The molecule has 1 rings (SSSR count). The van der Waals surface area contributed by atoms with Crippen LogP contribution >= 0.6 is 0 Å². The van der Waals surface area contributed by atoms with Gasteiger partial charge in [0.1, 0.15) is 0 Å². The van der Waals surface area contributed by atoms with Crippen LogP contribution in [0.25, 0.3) is 0 Å². The van der Waals surface area contributed by atoms with Crippen molar-refractivity contribution in [2.45, 2.75) is 26.7 Å². The first-order valence-corrected chi connectivity index (χ1v) is 3.16. The average molecular weight is 209 g/mol. The summed E-state index contributed by atoms with van der Waals surface area (Å²) in [4.78, 5) is 0. The van der Waals surface area contributed by atoms with Gasteiger partial charge in [0.05, 0.1) is 0 Å². The van der Waals surface area contributed by atoms with Crippen molar-refractivity contribution in [3.8, 4) is 0 Å². The number of hydrogen-bond acceptors (Lipinski definition) is 1. The molecule has 0 spiro atoms. The molecular weight excluding hydrogens is 198 g/mol. The van der Waals surface area contributed by atoms with E-state index in [1.165, 1.54) is 5.56 Å². The number of aryl methyl sites for hydroxylation is 1. The van der Waals surface area contributed by atoms with E-state index in [2.05, 4.69) is 24.0 Å². The normalized spacial score (nSPS) is 9.60. The smallest absolute Gasteiger partial charge is 0.581 e. The maximum atomic E-state index is 3.97. The van der Waals surface area contributed by atoms with Crippen LogP contribution in [0.3, 0.4) is 0 Å². The Morgan fingerprint density at radius 3 is 2.30 bits per heavy atom. The van der Waals surface area contributed by atoms with Crippen LogP contribution in [0, 0.1) is 6.92 Å². The summed E-state index contributed by atoms with van der Waals surface area (Å²) in [5, 5.41) is 7.76. The Labute approximate surface area is 111 Å². The molecule has 1 aromatic rings. The predicted molar refractivity (Wildman–Crippen MR) is 36.4 cm³/mol. The minimum atomic E-state index is 0. The summed E-state index contributed by atoms with van der Waals surface area (Å²) in [5.41, 5.74) is 2.32. The van der Waals surface area contributed by atoms with Gasteiger partial charge < -0.3 is 10.2 Å². The van der Waals surface area contributed by atoms with Crippen molar-refractivity contribution in [2.75, 3.05) is 0 Å². The van der Waals surface area contributed by atoms with Gasteiger partial charge in [-0.2, -0.15) is 6.20 Å². The first-order chi connectivity index (χ1) is 4.22. The Morgan fingerprint density at radius 2 is 2.10 bits per heavy atom. The molecule has 0 aromatic carbocycles. The quantitative estimate of drug-likeness (QED) is 0.560. The van der Waals surface area contributed by atoms with Crippen molar-refractivity contribution in [3.05, 3.63) is 17.5 Å². The zero-order valence-corrected chi connectivity index (χ0v) is 12.0. The first kappa shape index (κ1) is 11.0. The predicted octanol–water partition coefficient (Wildman–Crippen LogP) is -1.53. The summed E-state index contributed by atoms with van der Waals surface area (Å²) in [5.74, 6) is 0.507. The van der Waals surface area contributed by atoms with E-state index in [9.17, 15) is 0 Å². The van der Waals surface area contributed by atoms with Crippen molar-refractivity contribution in [3.63, 3.8) is 0 Å². The Hall–Kier alpha value is 1.02. The molecule has 0 amide bonds. The second-order valence-electron chi connectivity index (χ2n) is 2.57. The van der Waals surface area contributed by atoms with Crippen LogP contribution in [0.4, 0.5) is 0 Å². The third-order valence-corrected chi connectivity index (χ3v) is 1.37. The minimum Gasteiger partial charge on any atom is -0.581 e. The molecule has 0 aliphatic carbocycles. The summed E-state index contributed by atoms with van der Waals surface area (Å²) >= 11 is 0. The van der Waals surface area contributed by atoms with E-state index in [4.69, 9.17) is 0 Å². The third kappa shape index (κ3) is 2.57. The van der Waals surface area contributed by atoms with Crippen molar-refractivity contribution >= 4 is 0 Å². The van der Waals surface area contributed by atoms with Gasteiger partial charge in [0, 0.05) is 5.69 Å². The van der Waals surface area contributed by atoms with Crippen LogP contribution in [0.15, 0.2) is 6.20 Å². The Balaban J connectivity index is 0.000000810. The molecule has 50 valence electrons. The maximum Gasteiger partial charge on any atom is 1.00 e. The second kappa shape index (κ2) is 4.81. The van der Waals surface area contributed by atoms with Gasteiger partial charge in [-0.3, -0.25) is 0 Å². The van der Waals surface area contributed by atoms with E-state index in [0.29, 0.717) is 5.92 Å². The number of hydrogen-bond donors (Lipinski definition) is 0. The van der Waals surface area contributed by atoms with Crippen molar-refractivity contribution < 1.29 is 58.2 Å². The van der Waals surface area contributed by atoms with Gasteiger partial charge in [-0.1, -0.05) is 19.4 Å². The summed E-state index contributed by atoms with van der Waals surface area (Å²) in [6.07, 6.45) is 1.80. The summed E-state index contributed by atoms with van der Waals surface area (Å²) in [7, 11) is 0. The van der Waals surface area contributed by atoms with Crippen LogP contribution in [0.1, 0.15) is 31.0 Å². The Morgan fingerprint density at radius 1 is 1.50 bits per heavy atom. The second-order valence-corrected chi connectivity index (χ2v) is 2.57. The maximum absolute atomic E-state index is 3.97. The molecule has 1 aromatic heterocycles. The SMILES string of the molecule is Cc1c[n-]nc1C(C)C.[Rb+]. The molecule has 1 heterocycles. The monoisotopic (exact) mass is 208 g/mol. The minimum absolute atomic E-state index is 0. The molecule has 0 radical (unpaired) electrons. The fourth-order valence-corrected chi connectivity index (χ4v) is 0.893. The van der Waals surface area contributed by atoms with Gasteiger partial charge in [-0.05, 0) is 12.8 Å². The summed E-state index contributed by atoms with van der Waals surface area (Å²) in [6, 6.07) is 0. The van der Waals surface area contributed by atoms with E-state index in [-0.39, 0.29) is 58.2 Å². The topological polar surface area (TPSA) is 27.0 Å². The molecule has 0 unspecified atom stereocenters. The average Bonchev–Trinajstić information content (AvgIpc) is 2.13. The number of nitrogens with zero attached hydrogens (tertiary/aromatic N) is 2. The van der Waals surface area contributed by atoms with Crippen molar-refractivity contribution in [2.24, 2.45) is 0 Å². The van der Waals surface area contributed by atoms with Gasteiger partial charge >= 0.3 is 58.2 Å².